The van der Waals surface area contributed by atoms with Crippen LogP contribution in [0, 0.1) is 0 Å². The highest BCUT2D eigenvalue weighted by Crippen LogP contribution is 2.17. The van der Waals surface area contributed by atoms with Crippen molar-refractivity contribution in [3.05, 3.63) is 60.8 Å². The van der Waals surface area contributed by atoms with Gasteiger partial charge in [0.1, 0.15) is 6.10 Å². The molecular weight excluding hydrogens is 779 g/mol. The van der Waals surface area contributed by atoms with E-state index in [0.29, 0.717) is 19.3 Å². The van der Waals surface area contributed by atoms with E-state index in [1.165, 1.54) is 154 Å². The van der Waals surface area contributed by atoms with E-state index in [1.54, 1.807) is 0 Å². The molecule has 0 bridgehead atoms. The minimum absolute atomic E-state index is 0.0280. The lowest BCUT2D eigenvalue weighted by molar-refractivity contribution is -0.151. The van der Waals surface area contributed by atoms with Gasteiger partial charge in [-0.1, -0.05) is 248 Å². The SMILES string of the molecule is CC/C=C/C=C/C=C\C=C/CCCC(CC(=O)NC(CO)C(O)CCCCCCCCCCCCCCCCC)OC(=O)CCCCCCC/C=C/CCCCCCCCCCC. The molecule has 0 fully saturated rings. The fourth-order valence-corrected chi connectivity index (χ4v) is 8.09. The van der Waals surface area contributed by atoms with Crippen molar-refractivity contribution in [2.45, 2.75) is 283 Å². The number of allylic oxidation sites excluding steroid dienone is 10. The summed E-state index contributed by atoms with van der Waals surface area (Å²) >= 11 is 0. The first kappa shape index (κ1) is 60.6. The van der Waals surface area contributed by atoms with E-state index < -0.39 is 18.2 Å². The predicted octanol–water partition coefficient (Wildman–Crippen LogP) is 16.4. The van der Waals surface area contributed by atoms with Crippen molar-refractivity contribution in [2.75, 3.05) is 6.61 Å². The van der Waals surface area contributed by atoms with Crippen LogP contribution in [0.4, 0.5) is 0 Å². The Morgan fingerprint density at radius 2 is 0.889 bits per heavy atom. The van der Waals surface area contributed by atoms with Crippen LogP contribution >= 0.6 is 0 Å². The van der Waals surface area contributed by atoms with Gasteiger partial charge in [0, 0.05) is 6.42 Å². The largest absolute Gasteiger partial charge is 0.462 e. The summed E-state index contributed by atoms with van der Waals surface area (Å²) in [6.45, 7) is 6.33. The number of unbranched alkanes of at least 4 members (excludes halogenated alkanes) is 29. The molecule has 3 unspecified atom stereocenters. The highest BCUT2D eigenvalue weighted by atomic mass is 16.5. The molecule has 6 nitrogen and oxygen atoms in total. The highest BCUT2D eigenvalue weighted by molar-refractivity contribution is 5.77. The van der Waals surface area contributed by atoms with Gasteiger partial charge in [-0.3, -0.25) is 9.59 Å². The van der Waals surface area contributed by atoms with E-state index in [0.717, 1.165) is 64.2 Å². The van der Waals surface area contributed by atoms with Gasteiger partial charge in [0.15, 0.2) is 0 Å². The number of amides is 1. The van der Waals surface area contributed by atoms with Crippen molar-refractivity contribution >= 4 is 11.9 Å². The first-order chi connectivity index (χ1) is 31.0. The quantitative estimate of drug-likeness (QED) is 0.0245. The lowest BCUT2D eigenvalue weighted by atomic mass is 10.0. The molecule has 0 aliphatic rings. The lowest BCUT2D eigenvalue weighted by Crippen LogP contribution is -2.46. The van der Waals surface area contributed by atoms with Gasteiger partial charge in [-0.05, 0) is 64.2 Å². The van der Waals surface area contributed by atoms with Crippen LogP contribution in [0.5, 0.6) is 0 Å². The highest BCUT2D eigenvalue weighted by Gasteiger charge is 2.24. The molecule has 63 heavy (non-hydrogen) atoms. The smallest absolute Gasteiger partial charge is 0.306 e. The van der Waals surface area contributed by atoms with E-state index in [-0.39, 0.29) is 24.9 Å². The van der Waals surface area contributed by atoms with Crippen LogP contribution in [0.25, 0.3) is 0 Å². The maximum atomic E-state index is 13.2. The molecule has 0 spiro atoms. The molecule has 0 saturated carbocycles. The summed E-state index contributed by atoms with van der Waals surface area (Å²) in [5.41, 5.74) is 0. The molecule has 0 rings (SSSR count). The average molecular weight is 882 g/mol. The molecular formula is C57H103NO5. The number of rotatable bonds is 48. The van der Waals surface area contributed by atoms with Crippen molar-refractivity contribution < 1.29 is 24.5 Å². The molecule has 0 aromatic heterocycles. The first-order valence-corrected chi connectivity index (χ1v) is 27.1. The Balaban J connectivity index is 4.54. The lowest BCUT2D eigenvalue weighted by Gasteiger charge is -2.24. The van der Waals surface area contributed by atoms with Crippen LogP contribution in [0.3, 0.4) is 0 Å². The third-order valence-electron chi connectivity index (χ3n) is 12.2. The van der Waals surface area contributed by atoms with Crippen LogP contribution < -0.4 is 5.32 Å². The Morgan fingerprint density at radius 3 is 1.37 bits per heavy atom. The van der Waals surface area contributed by atoms with Gasteiger partial charge in [0.05, 0.1) is 25.2 Å². The zero-order valence-corrected chi connectivity index (χ0v) is 41.7. The summed E-state index contributed by atoms with van der Waals surface area (Å²) in [5.74, 6) is -0.548. The summed E-state index contributed by atoms with van der Waals surface area (Å²) in [6, 6.07) is -0.725. The second kappa shape index (κ2) is 50.6. The van der Waals surface area contributed by atoms with Crippen LogP contribution in [0.1, 0.15) is 265 Å². The Bertz CT molecular complexity index is 1130. The predicted molar refractivity (Wildman–Crippen MR) is 273 cm³/mol. The van der Waals surface area contributed by atoms with Crippen molar-refractivity contribution in [1.29, 1.82) is 0 Å². The van der Waals surface area contributed by atoms with Gasteiger partial charge in [-0.2, -0.15) is 0 Å². The number of carbonyl (C=O) groups is 2. The van der Waals surface area contributed by atoms with Crippen molar-refractivity contribution in [1.82, 2.24) is 5.32 Å². The maximum absolute atomic E-state index is 13.2. The summed E-state index contributed by atoms with van der Waals surface area (Å²) in [7, 11) is 0. The molecule has 1 amide bonds. The van der Waals surface area contributed by atoms with Gasteiger partial charge in [-0.15, -0.1) is 0 Å². The fourth-order valence-electron chi connectivity index (χ4n) is 8.09. The number of hydrogen-bond acceptors (Lipinski definition) is 5. The van der Waals surface area contributed by atoms with E-state index in [2.05, 4.69) is 50.4 Å². The molecule has 0 aromatic carbocycles. The molecule has 3 atom stereocenters. The normalized spacial score (nSPS) is 13.7. The van der Waals surface area contributed by atoms with E-state index in [1.807, 2.05) is 36.5 Å². The molecule has 0 radical (unpaired) electrons. The Labute approximate surface area is 390 Å². The molecule has 3 N–H and O–H groups in total. The fraction of sp³-hybridized carbons (Fsp3) is 0.789. The first-order valence-electron chi connectivity index (χ1n) is 27.1. The number of ether oxygens (including phenoxy) is 1. The standard InChI is InChI=1S/C57H103NO5/c1-4-7-10-13-16-19-22-24-26-27-28-30-32-35-38-41-44-47-50-57(62)63-53(48-45-42-39-36-33-21-18-15-12-9-6-3)51-56(61)58-54(52-59)55(60)49-46-43-40-37-34-31-29-25-23-20-17-14-11-8-5-2/h9,12,15,18,21,28,30,33,36,39,53-55,59-60H,4-8,10-11,13-14,16-17,19-20,22-27,29,31-32,34-35,37-38,40-52H2,1-3H3,(H,58,61)/b12-9+,18-15+,30-28+,33-21-,39-36-. The molecule has 0 aromatic rings. The van der Waals surface area contributed by atoms with Crippen LogP contribution in [0.15, 0.2) is 60.8 Å². The van der Waals surface area contributed by atoms with Crippen molar-refractivity contribution in [2.24, 2.45) is 0 Å². The number of aliphatic hydroxyl groups is 2. The summed E-state index contributed by atoms with van der Waals surface area (Å²) in [5, 5.41) is 23.8. The van der Waals surface area contributed by atoms with Gasteiger partial charge >= 0.3 is 5.97 Å². The van der Waals surface area contributed by atoms with E-state index in [9.17, 15) is 19.8 Å². The minimum atomic E-state index is -0.807. The van der Waals surface area contributed by atoms with Gasteiger partial charge in [0.25, 0.3) is 0 Å². The summed E-state index contributed by atoms with van der Waals surface area (Å²) in [4.78, 5) is 26.1. The Kier molecular flexibility index (Phi) is 48.6. The summed E-state index contributed by atoms with van der Waals surface area (Å²) < 4.78 is 5.89. The van der Waals surface area contributed by atoms with Crippen LogP contribution in [-0.4, -0.2) is 46.9 Å². The number of aliphatic hydroxyl groups excluding tert-OH is 2. The topological polar surface area (TPSA) is 95.9 Å². The Hall–Kier alpha value is -2.44. The molecule has 0 saturated heterocycles. The monoisotopic (exact) mass is 882 g/mol. The van der Waals surface area contributed by atoms with E-state index in [4.69, 9.17) is 4.74 Å². The minimum Gasteiger partial charge on any atom is -0.462 e. The Morgan fingerprint density at radius 1 is 0.476 bits per heavy atom. The van der Waals surface area contributed by atoms with Crippen LogP contribution in [0.2, 0.25) is 0 Å². The maximum Gasteiger partial charge on any atom is 0.306 e. The van der Waals surface area contributed by atoms with Gasteiger partial charge in [-0.25, -0.2) is 0 Å². The number of carbonyl (C=O) groups excluding carboxylic acids is 2. The summed E-state index contributed by atoms with van der Waals surface area (Å²) in [6.07, 6.45) is 63.0. The number of esters is 1. The van der Waals surface area contributed by atoms with Crippen LogP contribution in [-0.2, 0) is 14.3 Å². The third-order valence-corrected chi connectivity index (χ3v) is 12.2. The van der Waals surface area contributed by atoms with Crippen molar-refractivity contribution in [3.63, 3.8) is 0 Å². The third kappa shape index (κ3) is 45.9. The van der Waals surface area contributed by atoms with Crippen molar-refractivity contribution in [3.8, 4) is 0 Å². The number of nitrogens with one attached hydrogen (secondary N) is 1. The molecule has 366 valence electrons. The second-order valence-electron chi connectivity index (χ2n) is 18.3. The second-order valence-corrected chi connectivity index (χ2v) is 18.3. The van der Waals surface area contributed by atoms with Gasteiger partial charge in [0.2, 0.25) is 5.91 Å². The van der Waals surface area contributed by atoms with Gasteiger partial charge < -0.3 is 20.3 Å². The number of hydrogen-bond donors (Lipinski definition) is 3. The molecule has 0 aliphatic carbocycles. The molecule has 0 aliphatic heterocycles. The molecule has 6 heteroatoms. The zero-order chi connectivity index (χ0) is 45.9. The zero-order valence-electron chi connectivity index (χ0n) is 41.7. The van der Waals surface area contributed by atoms with E-state index >= 15 is 0 Å². The molecule has 0 heterocycles. The average Bonchev–Trinajstić information content (AvgIpc) is 3.28.